The molecular weight excluding hydrogens is 195 g/mol. The normalized spacial score (nSPS) is 10.0. The number of carbonyl (C=O) groups is 1. The van der Waals surface area contributed by atoms with E-state index in [0.29, 0.717) is 18.6 Å². The average Bonchev–Trinajstić information content (AvgIpc) is 2.21. The van der Waals surface area contributed by atoms with Gasteiger partial charge >= 0.3 is 5.97 Å². The van der Waals surface area contributed by atoms with Crippen LogP contribution in [0.2, 0.25) is 0 Å². The van der Waals surface area contributed by atoms with Crippen LogP contribution < -0.4 is 0 Å². The van der Waals surface area contributed by atoms with E-state index >= 15 is 0 Å². The second-order valence-electron chi connectivity index (χ2n) is 3.73. The average molecular weight is 216 g/mol. The van der Waals surface area contributed by atoms with Crippen LogP contribution in [0.25, 0.3) is 0 Å². The summed E-state index contributed by atoms with van der Waals surface area (Å²) in [5, 5.41) is 0. The molecule has 0 aromatic carbocycles. The van der Waals surface area contributed by atoms with E-state index in [4.69, 9.17) is 4.74 Å². The number of alkyl halides is 1. The van der Waals surface area contributed by atoms with E-state index in [0.717, 1.165) is 32.1 Å². The van der Waals surface area contributed by atoms with Crippen molar-refractivity contribution < 1.29 is 13.9 Å². The first-order valence-electron chi connectivity index (χ1n) is 5.57. The van der Waals surface area contributed by atoms with Gasteiger partial charge in [0.2, 0.25) is 0 Å². The summed E-state index contributed by atoms with van der Waals surface area (Å²) in [6, 6.07) is 0. The topological polar surface area (TPSA) is 26.3 Å². The molecule has 0 N–H and O–H groups in total. The first-order chi connectivity index (χ1) is 7.18. The van der Waals surface area contributed by atoms with Gasteiger partial charge < -0.3 is 4.74 Å². The summed E-state index contributed by atoms with van der Waals surface area (Å²) in [6.45, 7) is 5.39. The van der Waals surface area contributed by atoms with Crippen LogP contribution in [0.3, 0.4) is 0 Å². The minimum Gasteiger partial charge on any atom is -0.462 e. The van der Waals surface area contributed by atoms with Crippen LogP contribution >= 0.6 is 0 Å². The summed E-state index contributed by atoms with van der Waals surface area (Å²) in [4.78, 5) is 11.0. The molecule has 0 aliphatic heterocycles. The second-order valence-corrected chi connectivity index (χ2v) is 3.73. The number of hydrogen-bond acceptors (Lipinski definition) is 2. The van der Waals surface area contributed by atoms with E-state index in [1.165, 1.54) is 0 Å². The Bertz CT molecular complexity index is 190. The van der Waals surface area contributed by atoms with Crippen molar-refractivity contribution in [1.29, 1.82) is 0 Å². The molecule has 3 heteroatoms. The van der Waals surface area contributed by atoms with Crippen molar-refractivity contribution in [3.8, 4) is 0 Å². The van der Waals surface area contributed by atoms with Gasteiger partial charge in [0.1, 0.15) is 0 Å². The van der Waals surface area contributed by atoms with Gasteiger partial charge in [-0.05, 0) is 19.8 Å². The molecule has 0 rings (SSSR count). The van der Waals surface area contributed by atoms with Crippen molar-refractivity contribution in [2.24, 2.45) is 0 Å². The molecule has 0 saturated heterocycles. The summed E-state index contributed by atoms with van der Waals surface area (Å²) >= 11 is 0. The van der Waals surface area contributed by atoms with E-state index in [1.807, 2.05) is 0 Å². The van der Waals surface area contributed by atoms with Gasteiger partial charge in [0, 0.05) is 5.57 Å². The highest BCUT2D eigenvalue weighted by molar-refractivity contribution is 5.86. The Morgan fingerprint density at radius 3 is 2.20 bits per heavy atom. The van der Waals surface area contributed by atoms with E-state index in [9.17, 15) is 9.18 Å². The van der Waals surface area contributed by atoms with E-state index in [1.54, 1.807) is 6.92 Å². The molecule has 2 nitrogen and oxygen atoms in total. The molecule has 0 amide bonds. The first kappa shape index (κ1) is 14.1. The van der Waals surface area contributed by atoms with Crippen LogP contribution in [0, 0.1) is 0 Å². The number of rotatable bonds is 9. The minimum atomic E-state index is -0.313. The number of unbranched alkanes of at least 4 members (excludes halogenated alkanes) is 5. The molecule has 0 heterocycles. The number of halogens is 1. The fourth-order valence-electron chi connectivity index (χ4n) is 1.19. The summed E-state index contributed by atoms with van der Waals surface area (Å²) < 4.78 is 16.7. The Morgan fingerprint density at radius 1 is 1.13 bits per heavy atom. The molecule has 0 saturated carbocycles. The Kier molecular flexibility index (Phi) is 9.13. The SMILES string of the molecule is C=C(C)C(=O)OCCCCCCCCF. The third-order valence-electron chi connectivity index (χ3n) is 2.11. The van der Waals surface area contributed by atoms with Crippen LogP contribution in [-0.2, 0) is 9.53 Å². The van der Waals surface area contributed by atoms with E-state index in [-0.39, 0.29) is 12.6 Å². The highest BCUT2D eigenvalue weighted by atomic mass is 19.1. The van der Waals surface area contributed by atoms with E-state index in [2.05, 4.69) is 6.58 Å². The van der Waals surface area contributed by atoms with Gasteiger partial charge in [-0.3, -0.25) is 4.39 Å². The number of carbonyl (C=O) groups excluding carboxylic acids is 1. The standard InChI is InChI=1S/C12H21FO2/c1-11(2)12(14)15-10-8-6-4-3-5-7-9-13/h1,3-10H2,2H3. The van der Waals surface area contributed by atoms with Gasteiger partial charge in [-0.25, -0.2) is 4.79 Å². The van der Waals surface area contributed by atoms with Crippen LogP contribution in [0.1, 0.15) is 45.4 Å². The lowest BCUT2D eigenvalue weighted by Gasteiger charge is -2.03. The minimum absolute atomic E-state index is 0.212. The smallest absolute Gasteiger partial charge is 0.333 e. The van der Waals surface area contributed by atoms with Crippen molar-refractivity contribution in [2.45, 2.75) is 45.4 Å². The van der Waals surface area contributed by atoms with Gasteiger partial charge in [0.05, 0.1) is 13.3 Å². The molecule has 0 spiro atoms. The zero-order valence-electron chi connectivity index (χ0n) is 9.56. The van der Waals surface area contributed by atoms with Gasteiger partial charge in [-0.15, -0.1) is 0 Å². The molecule has 0 aromatic heterocycles. The van der Waals surface area contributed by atoms with Gasteiger partial charge in [0.15, 0.2) is 0 Å². The maximum atomic E-state index is 11.7. The fourth-order valence-corrected chi connectivity index (χ4v) is 1.19. The molecule has 0 aromatic rings. The predicted molar refractivity (Wildman–Crippen MR) is 59.5 cm³/mol. The number of esters is 1. The summed E-state index contributed by atoms with van der Waals surface area (Å²) in [7, 11) is 0. The lowest BCUT2D eigenvalue weighted by Crippen LogP contribution is -2.05. The molecule has 0 bridgehead atoms. The Labute approximate surface area is 91.5 Å². The number of ether oxygens (including phenoxy) is 1. The number of hydrogen-bond donors (Lipinski definition) is 0. The quantitative estimate of drug-likeness (QED) is 0.335. The molecule has 0 atom stereocenters. The Balaban J connectivity index is 3.11. The summed E-state index contributed by atoms with van der Waals surface area (Å²) in [5.41, 5.74) is 0.443. The largest absolute Gasteiger partial charge is 0.462 e. The monoisotopic (exact) mass is 216 g/mol. The van der Waals surface area contributed by atoms with Crippen molar-refractivity contribution in [1.82, 2.24) is 0 Å². The van der Waals surface area contributed by atoms with Gasteiger partial charge in [-0.1, -0.05) is 32.3 Å². The molecule has 88 valence electrons. The Morgan fingerprint density at radius 2 is 1.67 bits per heavy atom. The first-order valence-corrected chi connectivity index (χ1v) is 5.57. The Hall–Kier alpha value is -0.860. The van der Waals surface area contributed by atoms with Crippen LogP contribution in [0.5, 0.6) is 0 Å². The van der Waals surface area contributed by atoms with Crippen LogP contribution in [0.15, 0.2) is 12.2 Å². The maximum Gasteiger partial charge on any atom is 0.333 e. The highest BCUT2D eigenvalue weighted by Gasteiger charge is 2.01. The second kappa shape index (κ2) is 9.69. The summed E-state index contributed by atoms with van der Waals surface area (Å²) in [5.74, 6) is -0.313. The molecule has 0 fully saturated rings. The fraction of sp³-hybridized carbons (Fsp3) is 0.750. The van der Waals surface area contributed by atoms with Crippen molar-refractivity contribution in [3.63, 3.8) is 0 Å². The summed E-state index contributed by atoms with van der Waals surface area (Å²) in [6.07, 6.45) is 5.71. The lowest BCUT2D eigenvalue weighted by molar-refractivity contribution is -0.139. The molecular formula is C12H21FO2. The van der Waals surface area contributed by atoms with Crippen LogP contribution in [-0.4, -0.2) is 19.3 Å². The maximum absolute atomic E-state index is 11.7. The molecule has 0 aliphatic rings. The third-order valence-corrected chi connectivity index (χ3v) is 2.11. The third kappa shape index (κ3) is 9.44. The van der Waals surface area contributed by atoms with Gasteiger partial charge in [-0.2, -0.15) is 0 Å². The van der Waals surface area contributed by atoms with Crippen molar-refractivity contribution in [2.75, 3.05) is 13.3 Å². The molecule has 0 radical (unpaired) electrons. The zero-order chi connectivity index (χ0) is 11.5. The molecule has 0 unspecified atom stereocenters. The molecule has 0 aliphatic carbocycles. The van der Waals surface area contributed by atoms with E-state index < -0.39 is 0 Å². The lowest BCUT2D eigenvalue weighted by atomic mass is 10.1. The van der Waals surface area contributed by atoms with Crippen LogP contribution in [0.4, 0.5) is 4.39 Å². The highest BCUT2D eigenvalue weighted by Crippen LogP contribution is 2.06. The van der Waals surface area contributed by atoms with Crippen molar-refractivity contribution in [3.05, 3.63) is 12.2 Å². The van der Waals surface area contributed by atoms with Crippen molar-refractivity contribution >= 4 is 5.97 Å². The predicted octanol–water partition coefficient (Wildman–Crippen LogP) is 3.42. The molecule has 15 heavy (non-hydrogen) atoms. The van der Waals surface area contributed by atoms with Gasteiger partial charge in [0.25, 0.3) is 0 Å². The zero-order valence-corrected chi connectivity index (χ0v) is 9.56.